The Morgan fingerprint density at radius 1 is 1.30 bits per heavy atom. The molecule has 0 saturated carbocycles. The summed E-state index contributed by atoms with van der Waals surface area (Å²) in [6.07, 6.45) is 0.290. The van der Waals surface area contributed by atoms with E-state index < -0.39 is 5.92 Å². The molecule has 6 nitrogen and oxygen atoms in total. The molecule has 2 rings (SSSR count). The number of hydrogen-bond acceptors (Lipinski definition) is 3. The van der Waals surface area contributed by atoms with Gasteiger partial charge in [-0.3, -0.25) is 25.2 Å². The molecule has 1 saturated heterocycles. The molecule has 0 aromatic heterocycles. The van der Waals surface area contributed by atoms with Gasteiger partial charge >= 0.3 is 0 Å². The SMILES string of the molecule is Cc1ccc(NC(=O)CCC2C(=O)NNC2=O)c(Br)c1. The molecule has 0 spiro atoms. The quantitative estimate of drug-likeness (QED) is 0.721. The fraction of sp³-hybridized carbons (Fsp3) is 0.308. The lowest BCUT2D eigenvalue weighted by atomic mass is 10.0. The Bertz CT molecular complexity index is 558. The average molecular weight is 340 g/mol. The van der Waals surface area contributed by atoms with Crippen LogP contribution in [0.15, 0.2) is 22.7 Å². The van der Waals surface area contributed by atoms with Gasteiger partial charge in [0.15, 0.2) is 0 Å². The van der Waals surface area contributed by atoms with Gasteiger partial charge in [-0.1, -0.05) is 6.07 Å². The molecule has 1 heterocycles. The Kier molecular flexibility index (Phi) is 4.39. The molecule has 106 valence electrons. The number of carbonyl (C=O) groups excluding carboxylic acids is 3. The second-order valence-corrected chi connectivity index (χ2v) is 5.46. The van der Waals surface area contributed by atoms with Gasteiger partial charge in [-0.15, -0.1) is 0 Å². The van der Waals surface area contributed by atoms with Crippen LogP contribution < -0.4 is 16.2 Å². The van der Waals surface area contributed by atoms with Crippen LogP contribution in [0.1, 0.15) is 18.4 Å². The number of anilines is 1. The van der Waals surface area contributed by atoms with Crippen LogP contribution >= 0.6 is 15.9 Å². The summed E-state index contributed by atoms with van der Waals surface area (Å²) < 4.78 is 0.794. The number of aryl methyl sites for hydroxylation is 1. The number of hydrazine groups is 1. The molecule has 1 aliphatic heterocycles. The van der Waals surface area contributed by atoms with Gasteiger partial charge in [0.1, 0.15) is 5.92 Å². The van der Waals surface area contributed by atoms with E-state index in [1.807, 2.05) is 19.1 Å². The van der Waals surface area contributed by atoms with E-state index in [0.717, 1.165) is 10.0 Å². The third-order valence-corrected chi connectivity index (χ3v) is 3.66. The molecular weight excluding hydrogens is 326 g/mol. The summed E-state index contributed by atoms with van der Waals surface area (Å²) >= 11 is 3.37. The molecule has 1 fully saturated rings. The van der Waals surface area contributed by atoms with Crippen molar-refractivity contribution in [1.82, 2.24) is 10.9 Å². The minimum absolute atomic E-state index is 0.103. The van der Waals surface area contributed by atoms with Crippen molar-refractivity contribution in [1.29, 1.82) is 0 Å². The van der Waals surface area contributed by atoms with Crippen LogP contribution in [-0.4, -0.2) is 17.7 Å². The molecule has 7 heteroatoms. The summed E-state index contributed by atoms with van der Waals surface area (Å²) in [5.41, 5.74) is 6.21. The van der Waals surface area contributed by atoms with Crippen LogP contribution in [-0.2, 0) is 14.4 Å². The first-order valence-corrected chi connectivity index (χ1v) is 6.92. The number of nitrogens with one attached hydrogen (secondary N) is 3. The number of amides is 3. The number of hydrogen-bond donors (Lipinski definition) is 3. The van der Waals surface area contributed by atoms with Gasteiger partial charge in [-0.05, 0) is 47.0 Å². The van der Waals surface area contributed by atoms with Crippen LogP contribution in [0.4, 0.5) is 5.69 Å². The van der Waals surface area contributed by atoms with E-state index in [4.69, 9.17) is 0 Å². The third kappa shape index (κ3) is 3.36. The Hall–Kier alpha value is -1.89. The van der Waals surface area contributed by atoms with Gasteiger partial charge < -0.3 is 5.32 Å². The molecule has 0 aliphatic carbocycles. The number of benzene rings is 1. The van der Waals surface area contributed by atoms with Crippen LogP contribution in [0.25, 0.3) is 0 Å². The van der Waals surface area contributed by atoms with Gasteiger partial charge in [0.2, 0.25) is 5.91 Å². The zero-order valence-electron chi connectivity index (χ0n) is 10.8. The zero-order chi connectivity index (χ0) is 14.7. The maximum Gasteiger partial charge on any atom is 0.251 e. The van der Waals surface area contributed by atoms with Gasteiger partial charge in [0.25, 0.3) is 11.8 Å². The highest BCUT2D eigenvalue weighted by molar-refractivity contribution is 9.10. The van der Waals surface area contributed by atoms with E-state index in [1.165, 1.54) is 0 Å². The first-order valence-electron chi connectivity index (χ1n) is 6.13. The molecule has 0 unspecified atom stereocenters. The van der Waals surface area contributed by atoms with E-state index in [2.05, 4.69) is 32.1 Å². The predicted molar refractivity (Wildman–Crippen MR) is 76.5 cm³/mol. The maximum absolute atomic E-state index is 11.8. The Morgan fingerprint density at radius 3 is 2.55 bits per heavy atom. The van der Waals surface area contributed by atoms with Crippen LogP contribution in [0.5, 0.6) is 0 Å². The second-order valence-electron chi connectivity index (χ2n) is 4.60. The number of carbonyl (C=O) groups is 3. The van der Waals surface area contributed by atoms with Crippen LogP contribution in [0.3, 0.4) is 0 Å². The minimum Gasteiger partial charge on any atom is -0.325 e. The number of rotatable bonds is 4. The van der Waals surface area contributed by atoms with Crippen molar-refractivity contribution in [3.8, 4) is 0 Å². The van der Waals surface area contributed by atoms with Crippen molar-refractivity contribution in [2.45, 2.75) is 19.8 Å². The second kappa shape index (κ2) is 6.04. The Labute approximate surface area is 124 Å². The standard InChI is InChI=1S/C13H14BrN3O3/c1-7-2-4-10(9(14)6-7)15-11(18)5-3-8-12(19)16-17-13(8)20/h2,4,6,8H,3,5H2,1H3,(H,15,18)(H,16,19)(H,17,20). The highest BCUT2D eigenvalue weighted by atomic mass is 79.9. The smallest absolute Gasteiger partial charge is 0.251 e. The van der Waals surface area contributed by atoms with Gasteiger partial charge in [-0.25, -0.2) is 0 Å². The Balaban J connectivity index is 1.89. The van der Waals surface area contributed by atoms with Gasteiger partial charge in [-0.2, -0.15) is 0 Å². The van der Waals surface area contributed by atoms with Crippen LogP contribution in [0, 0.1) is 12.8 Å². The van der Waals surface area contributed by atoms with Crippen LogP contribution in [0.2, 0.25) is 0 Å². The third-order valence-electron chi connectivity index (χ3n) is 3.00. The molecular formula is C13H14BrN3O3. The molecule has 3 amide bonds. The van der Waals surface area contributed by atoms with Crippen molar-refractivity contribution in [2.75, 3.05) is 5.32 Å². The maximum atomic E-state index is 11.8. The minimum atomic E-state index is -0.790. The van der Waals surface area contributed by atoms with Gasteiger partial charge in [0, 0.05) is 10.9 Å². The van der Waals surface area contributed by atoms with Crippen molar-refractivity contribution < 1.29 is 14.4 Å². The topological polar surface area (TPSA) is 87.3 Å². The lowest BCUT2D eigenvalue weighted by Crippen LogP contribution is -2.28. The highest BCUT2D eigenvalue weighted by Gasteiger charge is 2.32. The molecule has 1 aromatic rings. The van der Waals surface area contributed by atoms with Gasteiger partial charge in [0.05, 0.1) is 5.69 Å². The summed E-state index contributed by atoms with van der Waals surface area (Å²) in [5.74, 6) is -1.80. The summed E-state index contributed by atoms with van der Waals surface area (Å²) in [4.78, 5) is 34.5. The summed E-state index contributed by atoms with van der Waals surface area (Å²) in [6, 6.07) is 5.58. The highest BCUT2D eigenvalue weighted by Crippen LogP contribution is 2.23. The van der Waals surface area contributed by atoms with Crippen molar-refractivity contribution in [3.05, 3.63) is 28.2 Å². The predicted octanol–water partition coefficient (Wildman–Crippen LogP) is 1.25. The summed E-state index contributed by atoms with van der Waals surface area (Å²) in [6.45, 7) is 1.95. The van der Waals surface area contributed by atoms with E-state index in [-0.39, 0.29) is 30.6 Å². The monoisotopic (exact) mass is 339 g/mol. The van der Waals surface area contributed by atoms with E-state index in [0.29, 0.717) is 5.69 Å². The largest absolute Gasteiger partial charge is 0.325 e. The van der Waals surface area contributed by atoms with Crippen molar-refractivity contribution >= 4 is 39.3 Å². The first kappa shape index (κ1) is 14.5. The average Bonchev–Trinajstić information content (AvgIpc) is 2.70. The fourth-order valence-corrected chi connectivity index (χ4v) is 2.48. The molecule has 0 bridgehead atoms. The van der Waals surface area contributed by atoms with Crippen molar-refractivity contribution in [2.24, 2.45) is 5.92 Å². The summed E-state index contributed by atoms with van der Waals surface area (Å²) in [5, 5.41) is 2.74. The normalized spacial score (nSPS) is 14.9. The fourth-order valence-electron chi connectivity index (χ4n) is 1.89. The molecule has 1 aromatic carbocycles. The molecule has 0 atom stereocenters. The molecule has 1 aliphatic rings. The number of halogens is 1. The molecule has 0 radical (unpaired) electrons. The molecule has 20 heavy (non-hydrogen) atoms. The van der Waals surface area contributed by atoms with Crippen molar-refractivity contribution in [3.63, 3.8) is 0 Å². The van der Waals surface area contributed by atoms with E-state index in [1.54, 1.807) is 6.07 Å². The lowest BCUT2D eigenvalue weighted by Gasteiger charge is -2.09. The summed E-state index contributed by atoms with van der Waals surface area (Å²) in [7, 11) is 0. The van der Waals surface area contributed by atoms with E-state index >= 15 is 0 Å². The zero-order valence-corrected chi connectivity index (χ0v) is 12.4. The first-order chi connectivity index (χ1) is 9.47. The van der Waals surface area contributed by atoms with E-state index in [9.17, 15) is 14.4 Å². The molecule has 3 N–H and O–H groups in total. The lowest BCUT2D eigenvalue weighted by molar-refractivity contribution is -0.128. The Morgan fingerprint density at radius 2 is 1.95 bits per heavy atom.